The third-order valence-corrected chi connectivity index (χ3v) is 5.83. The molecule has 3 rings (SSSR count). The molecule has 2 unspecified atom stereocenters. The molecule has 28 heavy (non-hydrogen) atoms. The normalized spacial score (nSPS) is 25.7. The second-order valence-electron chi connectivity index (χ2n) is 8.09. The molecular formula is C21H35N5O2. The van der Waals surface area contributed by atoms with Gasteiger partial charge in [-0.1, -0.05) is 19.3 Å². The molecule has 0 radical (unpaired) electrons. The molecule has 156 valence electrons. The molecule has 7 heteroatoms. The van der Waals surface area contributed by atoms with E-state index < -0.39 is 6.23 Å². The maximum absolute atomic E-state index is 9.58. The average Bonchev–Trinajstić information content (AvgIpc) is 2.68. The molecular weight excluding hydrogens is 354 g/mol. The smallest absolute Gasteiger partial charge is 0.144 e. The number of hydrogen-bond acceptors (Lipinski definition) is 6. The SMILES string of the molecule is CO[C@H]1CN(c2nc(C)ccc2/C(N)=N/C(C)O)CCC1NC1CCCCC1. The number of aliphatic hydroxyl groups excluding tert-OH is 1. The van der Waals surface area contributed by atoms with Gasteiger partial charge >= 0.3 is 0 Å². The van der Waals surface area contributed by atoms with E-state index in [1.165, 1.54) is 32.1 Å². The van der Waals surface area contributed by atoms with E-state index in [0.29, 0.717) is 17.9 Å². The number of nitrogens with two attached hydrogens (primary N) is 1. The van der Waals surface area contributed by atoms with Gasteiger partial charge in [0, 0.05) is 38.0 Å². The minimum absolute atomic E-state index is 0.0979. The third-order valence-electron chi connectivity index (χ3n) is 5.83. The van der Waals surface area contributed by atoms with Crippen LogP contribution in [0.25, 0.3) is 0 Å². The maximum Gasteiger partial charge on any atom is 0.144 e. The highest BCUT2D eigenvalue weighted by molar-refractivity contribution is 6.01. The molecule has 3 atom stereocenters. The Kier molecular flexibility index (Phi) is 7.26. The fourth-order valence-electron chi connectivity index (χ4n) is 4.37. The Bertz CT molecular complexity index is 673. The quantitative estimate of drug-likeness (QED) is 0.508. The fraction of sp³-hybridized carbons (Fsp3) is 0.714. The van der Waals surface area contributed by atoms with Gasteiger partial charge in [0.15, 0.2) is 0 Å². The van der Waals surface area contributed by atoms with Crippen molar-refractivity contribution in [2.45, 2.75) is 76.8 Å². The molecule has 1 aromatic rings. The van der Waals surface area contributed by atoms with E-state index >= 15 is 0 Å². The number of nitrogens with one attached hydrogen (secondary N) is 1. The van der Waals surface area contributed by atoms with Gasteiger partial charge in [0.05, 0.1) is 11.7 Å². The van der Waals surface area contributed by atoms with Gasteiger partial charge in [-0.05, 0) is 45.2 Å². The summed E-state index contributed by atoms with van der Waals surface area (Å²) < 4.78 is 5.86. The first-order valence-corrected chi connectivity index (χ1v) is 10.5. The predicted molar refractivity (Wildman–Crippen MR) is 113 cm³/mol. The van der Waals surface area contributed by atoms with Crippen LogP contribution in [0.1, 0.15) is 56.7 Å². The Morgan fingerprint density at radius 3 is 2.75 bits per heavy atom. The molecule has 0 spiro atoms. The highest BCUT2D eigenvalue weighted by Gasteiger charge is 2.32. The van der Waals surface area contributed by atoms with E-state index in [9.17, 15) is 5.11 Å². The number of amidine groups is 1. The van der Waals surface area contributed by atoms with Crippen molar-refractivity contribution in [1.29, 1.82) is 0 Å². The van der Waals surface area contributed by atoms with Crippen LogP contribution < -0.4 is 16.0 Å². The molecule has 2 heterocycles. The zero-order valence-electron chi connectivity index (χ0n) is 17.4. The lowest BCUT2D eigenvalue weighted by molar-refractivity contribution is 0.0533. The molecule has 1 aromatic heterocycles. The van der Waals surface area contributed by atoms with E-state index in [1.807, 2.05) is 19.1 Å². The van der Waals surface area contributed by atoms with Crippen LogP contribution in [0.3, 0.4) is 0 Å². The van der Waals surface area contributed by atoms with Crippen LogP contribution in [0.4, 0.5) is 5.82 Å². The van der Waals surface area contributed by atoms with Crippen LogP contribution in [-0.2, 0) is 4.74 Å². The molecule has 4 N–H and O–H groups in total. The number of aliphatic imine (C=N–C) groups is 1. The number of aryl methyl sites for hydroxylation is 1. The summed E-state index contributed by atoms with van der Waals surface area (Å²) in [4.78, 5) is 11.1. The van der Waals surface area contributed by atoms with Crippen LogP contribution >= 0.6 is 0 Å². The minimum atomic E-state index is -0.841. The monoisotopic (exact) mass is 389 g/mol. The first-order valence-electron chi connectivity index (χ1n) is 10.5. The Morgan fingerprint density at radius 1 is 1.32 bits per heavy atom. The summed E-state index contributed by atoms with van der Waals surface area (Å²) in [6.07, 6.45) is 6.81. The lowest BCUT2D eigenvalue weighted by Crippen LogP contribution is -2.56. The first kappa shape index (κ1) is 21.0. The average molecular weight is 390 g/mol. The van der Waals surface area contributed by atoms with Gasteiger partial charge in [-0.25, -0.2) is 9.98 Å². The van der Waals surface area contributed by atoms with E-state index in [1.54, 1.807) is 14.0 Å². The fourth-order valence-corrected chi connectivity index (χ4v) is 4.37. The number of hydrogen-bond donors (Lipinski definition) is 3. The van der Waals surface area contributed by atoms with Gasteiger partial charge < -0.3 is 25.8 Å². The Labute approximate surface area is 168 Å². The number of aliphatic hydroxyl groups is 1. The summed E-state index contributed by atoms with van der Waals surface area (Å²) in [5.41, 5.74) is 7.85. The molecule has 1 saturated carbocycles. The number of nitrogens with zero attached hydrogens (tertiary/aromatic N) is 3. The number of aromatic nitrogens is 1. The molecule has 0 aromatic carbocycles. The van der Waals surface area contributed by atoms with Crippen LogP contribution in [-0.4, -0.2) is 60.5 Å². The molecule has 2 fully saturated rings. The highest BCUT2D eigenvalue weighted by atomic mass is 16.5. The van der Waals surface area contributed by atoms with Gasteiger partial charge in [0.1, 0.15) is 17.9 Å². The first-order chi connectivity index (χ1) is 13.5. The van der Waals surface area contributed by atoms with Crippen LogP contribution in [0.2, 0.25) is 0 Å². The van der Waals surface area contributed by atoms with Crippen molar-refractivity contribution < 1.29 is 9.84 Å². The van der Waals surface area contributed by atoms with E-state index in [0.717, 1.165) is 36.6 Å². The lowest BCUT2D eigenvalue weighted by atomic mass is 9.92. The van der Waals surface area contributed by atoms with Gasteiger partial charge in [-0.3, -0.25) is 0 Å². The summed E-state index contributed by atoms with van der Waals surface area (Å²) in [7, 11) is 1.79. The van der Waals surface area contributed by atoms with Crippen molar-refractivity contribution in [3.8, 4) is 0 Å². The molecule has 1 aliphatic carbocycles. The van der Waals surface area contributed by atoms with E-state index in [2.05, 4.69) is 15.2 Å². The third kappa shape index (κ3) is 5.21. The zero-order chi connectivity index (χ0) is 20.1. The van der Waals surface area contributed by atoms with Crippen LogP contribution in [0.5, 0.6) is 0 Å². The van der Waals surface area contributed by atoms with Gasteiger partial charge in [0.25, 0.3) is 0 Å². The molecule has 0 bridgehead atoms. The largest absolute Gasteiger partial charge is 0.383 e. The van der Waals surface area contributed by atoms with Gasteiger partial charge in [-0.15, -0.1) is 0 Å². The van der Waals surface area contributed by atoms with Crippen molar-refractivity contribution in [2.75, 3.05) is 25.1 Å². The minimum Gasteiger partial charge on any atom is -0.383 e. The highest BCUT2D eigenvalue weighted by Crippen LogP contribution is 2.26. The molecule has 7 nitrogen and oxygen atoms in total. The van der Waals surface area contributed by atoms with E-state index in [-0.39, 0.29) is 6.10 Å². The molecule has 1 aliphatic heterocycles. The van der Waals surface area contributed by atoms with Crippen molar-refractivity contribution in [1.82, 2.24) is 10.3 Å². The number of pyridine rings is 1. The van der Waals surface area contributed by atoms with Crippen molar-refractivity contribution in [3.63, 3.8) is 0 Å². The van der Waals surface area contributed by atoms with Gasteiger partial charge in [0.2, 0.25) is 0 Å². The van der Waals surface area contributed by atoms with E-state index in [4.69, 9.17) is 15.5 Å². The Hall–Kier alpha value is -1.70. The predicted octanol–water partition coefficient (Wildman–Crippen LogP) is 1.95. The summed E-state index contributed by atoms with van der Waals surface area (Å²) in [5, 5.41) is 13.4. The zero-order valence-corrected chi connectivity index (χ0v) is 17.4. The van der Waals surface area contributed by atoms with Gasteiger partial charge in [-0.2, -0.15) is 0 Å². The second kappa shape index (κ2) is 9.67. The van der Waals surface area contributed by atoms with Crippen molar-refractivity contribution in [2.24, 2.45) is 10.7 Å². The number of methoxy groups -OCH3 is 1. The standard InChI is InChI=1S/C21H35N5O2/c1-14-9-10-17(20(22)24-15(2)27)21(23-14)26-12-11-18(19(13-26)28-3)25-16-7-5-4-6-8-16/h9-10,15-16,18-19,25,27H,4-8,11-13H2,1-3H3,(H2,22,24)/t15?,18?,19-/m0/s1. The molecule has 0 amide bonds. The topological polar surface area (TPSA) is 96.0 Å². The number of piperidine rings is 1. The number of rotatable bonds is 6. The number of anilines is 1. The number of ether oxygens (including phenoxy) is 1. The summed E-state index contributed by atoms with van der Waals surface area (Å²) in [6, 6.07) is 4.84. The molecule has 1 saturated heterocycles. The Balaban J connectivity index is 1.75. The van der Waals surface area contributed by atoms with Crippen LogP contribution in [0.15, 0.2) is 17.1 Å². The summed E-state index contributed by atoms with van der Waals surface area (Å²) in [6.45, 7) is 5.21. The van der Waals surface area contributed by atoms with Crippen molar-refractivity contribution in [3.05, 3.63) is 23.4 Å². The molecule has 2 aliphatic rings. The lowest BCUT2D eigenvalue weighted by Gasteiger charge is -2.41. The maximum atomic E-state index is 9.58. The Morgan fingerprint density at radius 2 is 2.07 bits per heavy atom. The van der Waals surface area contributed by atoms with Crippen molar-refractivity contribution >= 4 is 11.7 Å². The van der Waals surface area contributed by atoms with Crippen LogP contribution in [0, 0.1) is 6.92 Å². The summed E-state index contributed by atoms with van der Waals surface area (Å²) >= 11 is 0. The second-order valence-corrected chi connectivity index (χ2v) is 8.09. The summed E-state index contributed by atoms with van der Waals surface area (Å²) in [5.74, 6) is 1.13.